The van der Waals surface area contributed by atoms with Crippen molar-refractivity contribution in [1.29, 1.82) is 0 Å². The fourth-order valence-electron chi connectivity index (χ4n) is 0.240. The molecule has 0 aliphatic carbocycles. The van der Waals surface area contributed by atoms with E-state index >= 15 is 0 Å². The third-order valence-corrected chi connectivity index (χ3v) is 1.19. The first-order chi connectivity index (χ1) is 4.04. The second-order valence-electron chi connectivity index (χ2n) is 1.41. The number of hydrogen-bond acceptors (Lipinski definition) is 4. The predicted molar refractivity (Wildman–Crippen MR) is 39.0 cm³/mol. The van der Waals surface area contributed by atoms with Gasteiger partial charge in [-0.3, -0.25) is 9.59 Å². The van der Waals surface area contributed by atoms with E-state index in [2.05, 4.69) is 25.3 Å². The predicted octanol–water partition coefficient (Wildman–Crippen LogP) is 0.216. The van der Waals surface area contributed by atoms with E-state index in [4.69, 9.17) is 5.11 Å². The van der Waals surface area contributed by atoms with Gasteiger partial charge in [0.2, 0.25) is 0 Å². The van der Waals surface area contributed by atoms with Crippen molar-refractivity contribution in [3.05, 3.63) is 0 Å². The molecule has 0 atom stereocenters. The summed E-state index contributed by atoms with van der Waals surface area (Å²) in [6, 6.07) is 0. The van der Waals surface area contributed by atoms with Crippen LogP contribution in [0, 0.1) is 0 Å². The fraction of sp³-hybridized carbons (Fsp3) is 0.500. The molecule has 0 aliphatic rings. The highest BCUT2D eigenvalue weighted by molar-refractivity contribution is 8.00. The Morgan fingerprint density at radius 1 is 1.44 bits per heavy atom. The molecule has 0 amide bonds. The maximum absolute atomic E-state index is 10.4. The first-order valence-corrected chi connectivity index (χ1v) is 3.18. The van der Waals surface area contributed by atoms with Crippen LogP contribution < -0.4 is 0 Å². The van der Waals surface area contributed by atoms with Gasteiger partial charge in [0, 0.05) is 0 Å². The third-order valence-electron chi connectivity index (χ3n) is 0.613. The second-order valence-corrected chi connectivity index (χ2v) is 2.85. The highest BCUT2D eigenvalue weighted by Gasteiger charge is 2.12. The van der Waals surface area contributed by atoms with E-state index < -0.39 is 22.8 Å². The molecular weight excluding hydrogens is 160 g/mol. The maximum Gasteiger partial charge on any atom is 0.310 e. The molecule has 0 aromatic heterocycles. The van der Waals surface area contributed by atoms with Crippen LogP contribution in [-0.2, 0) is 9.59 Å². The van der Waals surface area contributed by atoms with Crippen molar-refractivity contribution in [2.75, 3.05) is 0 Å². The number of hydrogen-bond donors (Lipinski definition) is 3. The fourth-order valence-corrected chi connectivity index (χ4v) is 0.423. The Balaban J connectivity index is 3.64. The summed E-state index contributed by atoms with van der Waals surface area (Å²) < 4.78 is -0.777. The van der Waals surface area contributed by atoms with Crippen molar-refractivity contribution in [2.24, 2.45) is 0 Å². The van der Waals surface area contributed by atoms with Gasteiger partial charge in [0.05, 0.1) is 0 Å². The van der Waals surface area contributed by atoms with E-state index in [0.29, 0.717) is 0 Å². The zero-order valence-electron chi connectivity index (χ0n) is 4.44. The largest absolute Gasteiger partial charge is 0.481 e. The Morgan fingerprint density at radius 3 is 2.00 bits per heavy atom. The summed E-state index contributed by atoms with van der Waals surface area (Å²) in [7, 11) is 0. The van der Waals surface area contributed by atoms with E-state index in [-0.39, 0.29) is 0 Å². The normalized spacial score (nSPS) is 9.67. The Bertz CT molecular complexity index is 132. The van der Waals surface area contributed by atoms with E-state index in [0.717, 1.165) is 0 Å². The molecule has 0 heterocycles. The molecule has 0 aliphatic heterocycles. The molecule has 0 saturated heterocycles. The van der Waals surface area contributed by atoms with Gasteiger partial charge in [-0.15, -0.1) is 0 Å². The molecule has 52 valence electrons. The highest BCUT2D eigenvalue weighted by atomic mass is 32.2. The third kappa shape index (κ3) is 4.35. The van der Waals surface area contributed by atoms with Crippen LogP contribution in [0.4, 0.5) is 0 Å². The molecule has 3 nitrogen and oxygen atoms in total. The lowest BCUT2D eigenvalue weighted by Gasteiger charge is -1.96. The first-order valence-electron chi connectivity index (χ1n) is 2.14. The van der Waals surface area contributed by atoms with Crippen molar-refractivity contribution >= 4 is 37.0 Å². The number of carbonyl (C=O) groups is 2. The van der Waals surface area contributed by atoms with Crippen LogP contribution in [0.1, 0.15) is 6.42 Å². The van der Waals surface area contributed by atoms with Gasteiger partial charge in [-0.05, 0) is 0 Å². The molecule has 0 aromatic carbocycles. The molecule has 0 bridgehead atoms. The van der Waals surface area contributed by atoms with Crippen LogP contribution in [0.15, 0.2) is 0 Å². The molecule has 0 saturated carbocycles. The van der Waals surface area contributed by atoms with E-state index in [9.17, 15) is 9.59 Å². The van der Waals surface area contributed by atoms with E-state index in [1.54, 1.807) is 0 Å². The van der Waals surface area contributed by atoms with Crippen molar-refractivity contribution < 1.29 is 14.7 Å². The van der Waals surface area contributed by atoms with Gasteiger partial charge in [0.1, 0.15) is 11.0 Å². The van der Waals surface area contributed by atoms with Crippen LogP contribution in [0.3, 0.4) is 0 Å². The molecule has 0 spiro atoms. The van der Waals surface area contributed by atoms with Crippen LogP contribution in [0.5, 0.6) is 0 Å². The molecule has 0 fully saturated rings. The minimum atomic E-state index is -1.15. The number of carbonyl (C=O) groups excluding carboxylic acids is 1. The monoisotopic (exact) mass is 166 g/mol. The molecule has 1 N–H and O–H groups in total. The van der Waals surface area contributed by atoms with Gasteiger partial charge in [0.25, 0.3) is 0 Å². The Kier molecular flexibility index (Phi) is 3.72. The SMILES string of the molecule is O=C(O)CC(=O)C(S)S. The zero-order chi connectivity index (χ0) is 7.44. The van der Waals surface area contributed by atoms with Crippen LogP contribution >= 0.6 is 25.3 Å². The van der Waals surface area contributed by atoms with Gasteiger partial charge in [-0.25, -0.2) is 0 Å². The first kappa shape index (κ1) is 8.84. The molecule has 0 aromatic rings. The van der Waals surface area contributed by atoms with Crippen molar-refractivity contribution in [1.82, 2.24) is 0 Å². The Hall–Kier alpha value is -0.160. The molecule has 5 heteroatoms. The topological polar surface area (TPSA) is 54.4 Å². The summed E-state index contributed by atoms with van der Waals surface area (Å²) in [5, 5.41) is 8.04. The van der Waals surface area contributed by atoms with Crippen molar-refractivity contribution in [3.8, 4) is 0 Å². The maximum atomic E-state index is 10.4. The van der Waals surface area contributed by atoms with Crippen molar-refractivity contribution in [3.63, 3.8) is 0 Å². The molecule has 0 unspecified atom stereocenters. The van der Waals surface area contributed by atoms with Gasteiger partial charge in [-0.2, -0.15) is 25.3 Å². The summed E-state index contributed by atoms with van der Waals surface area (Å²) in [5.41, 5.74) is 0. The number of thiol groups is 2. The average Bonchev–Trinajstić information content (AvgIpc) is 1.63. The number of aliphatic carboxylic acids is 1. The zero-order valence-corrected chi connectivity index (χ0v) is 6.23. The van der Waals surface area contributed by atoms with Gasteiger partial charge >= 0.3 is 5.97 Å². The lowest BCUT2D eigenvalue weighted by molar-refractivity contribution is -0.139. The van der Waals surface area contributed by atoms with E-state index in [1.165, 1.54) is 0 Å². The average molecular weight is 166 g/mol. The van der Waals surface area contributed by atoms with Crippen LogP contribution in [-0.4, -0.2) is 21.4 Å². The van der Waals surface area contributed by atoms with Crippen LogP contribution in [0.25, 0.3) is 0 Å². The summed E-state index contributed by atoms with van der Waals surface area (Å²) in [6.45, 7) is 0. The van der Waals surface area contributed by atoms with E-state index in [1.807, 2.05) is 0 Å². The molecule has 9 heavy (non-hydrogen) atoms. The van der Waals surface area contributed by atoms with Crippen LogP contribution in [0.2, 0.25) is 0 Å². The highest BCUT2D eigenvalue weighted by Crippen LogP contribution is 2.03. The number of Topliss-reactive ketones (excluding diaryl/α,β-unsaturated/α-hetero) is 1. The quantitative estimate of drug-likeness (QED) is 0.319. The van der Waals surface area contributed by atoms with Crippen molar-refractivity contribution in [2.45, 2.75) is 11.0 Å². The standard InChI is InChI=1S/C4H6O3S2/c5-2(4(8)9)1-3(6)7/h4,8-9H,1H2,(H,6,7). The minimum Gasteiger partial charge on any atom is -0.481 e. The summed E-state index contributed by atoms with van der Waals surface area (Å²) in [6.07, 6.45) is -0.502. The van der Waals surface area contributed by atoms with Gasteiger partial charge in [-0.1, -0.05) is 0 Å². The number of rotatable bonds is 3. The number of carboxylic acids is 1. The summed E-state index contributed by atoms with van der Waals surface area (Å²) in [4.78, 5) is 20.2. The lowest BCUT2D eigenvalue weighted by Crippen LogP contribution is -2.12. The lowest BCUT2D eigenvalue weighted by atomic mass is 10.3. The molecule has 0 radical (unpaired) electrons. The summed E-state index contributed by atoms with van der Waals surface area (Å²) >= 11 is 7.24. The summed E-state index contributed by atoms with van der Waals surface area (Å²) in [5.74, 6) is -1.64. The number of carboxylic acid groups (broad SMARTS) is 1. The Morgan fingerprint density at radius 2 is 1.89 bits per heavy atom. The minimum absolute atomic E-state index is 0.492. The molecule has 0 rings (SSSR count). The van der Waals surface area contributed by atoms with Gasteiger partial charge in [0.15, 0.2) is 5.78 Å². The Labute approximate surface area is 63.3 Å². The molecular formula is C4H6O3S2. The smallest absolute Gasteiger partial charge is 0.310 e. The van der Waals surface area contributed by atoms with Gasteiger partial charge < -0.3 is 5.11 Å². The number of ketones is 1. The second kappa shape index (κ2) is 3.79.